The summed E-state index contributed by atoms with van der Waals surface area (Å²) in [5.41, 5.74) is 2.92. The maximum atomic E-state index is 10.7. The largest absolute Gasteiger partial charge is 0.481 e. The summed E-state index contributed by atoms with van der Waals surface area (Å²) in [5, 5.41) is 14.1. The Balaban J connectivity index is 2.10. The Morgan fingerprint density at radius 3 is 2.84 bits per heavy atom. The SMILES string of the molecule is CCc1nn(C)c2c1nc(SCC(=O)O)n2C1CC1. The molecule has 1 N–H and O–H groups in total. The number of aliphatic carboxylic acids is 1. The molecule has 1 aliphatic carbocycles. The normalized spacial score (nSPS) is 15.3. The summed E-state index contributed by atoms with van der Waals surface area (Å²) in [6.07, 6.45) is 3.11. The summed E-state index contributed by atoms with van der Waals surface area (Å²) in [7, 11) is 1.92. The summed E-state index contributed by atoms with van der Waals surface area (Å²) in [6, 6.07) is 0.460. The average molecular weight is 280 g/mol. The van der Waals surface area contributed by atoms with E-state index in [4.69, 9.17) is 5.11 Å². The molecule has 1 aliphatic rings. The van der Waals surface area contributed by atoms with Gasteiger partial charge in [-0.2, -0.15) is 5.10 Å². The lowest BCUT2D eigenvalue weighted by atomic mass is 10.3. The number of imidazole rings is 1. The van der Waals surface area contributed by atoms with Gasteiger partial charge < -0.3 is 9.67 Å². The molecular formula is C12H16N4O2S. The first kappa shape index (κ1) is 12.5. The third kappa shape index (κ3) is 2.11. The van der Waals surface area contributed by atoms with Gasteiger partial charge in [-0.25, -0.2) is 4.98 Å². The van der Waals surface area contributed by atoms with Crippen LogP contribution in [0, 0.1) is 0 Å². The second-order valence-electron chi connectivity index (χ2n) is 4.77. The van der Waals surface area contributed by atoms with Gasteiger partial charge >= 0.3 is 5.97 Å². The molecule has 0 atom stereocenters. The van der Waals surface area contributed by atoms with E-state index in [0.717, 1.165) is 41.3 Å². The number of aromatic nitrogens is 4. The molecule has 0 radical (unpaired) electrons. The molecule has 0 bridgehead atoms. The van der Waals surface area contributed by atoms with Gasteiger partial charge in [0.1, 0.15) is 5.52 Å². The van der Waals surface area contributed by atoms with Crippen molar-refractivity contribution >= 4 is 28.9 Å². The molecule has 0 aliphatic heterocycles. The predicted molar refractivity (Wildman–Crippen MR) is 72.5 cm³/mol. The minimum Gasteiger partial charge on any atom is -0.481 e. The molecule has 7 heteroatoms. The topological polar surface area (TPSA) is 72.9 Å². The summed E-state index contributed by atoms with van der Waals surface area (Å²) in [4.78, 5) is 15.4. The van der Waals surface area contributed by atoms with Crippen molar-refractivity contribution in [1.29, 1.82) is 0 Å². The fourth-order valence-corrected chi connectivity index (χ4v) is 3.09. The molecule has 0 aromatic carbocycles. The Kier molecular flexibility index (Phi) is 3.00. The Bertz CT molecular complexity index is 642. The van der Waals surface area contributed by atoms with E-state index in [1.54, 1.807) is 0 Å². The van der Waals surface area contributed by atoms with Crippen LogP contribution in [0.2, 0.25) is 0 Å². The number of carboxylic acids is 1. The van der Waals surface area contributed by atoms with Crippen LogP contribution in [-0.2, 0) is 18.3 Å². The van der Waals surface area contributed by atoms with E-state index >= 15 is 0 Å². The van der Waals surface area contributed by atoms with Crippen LogP contribution in [0.25, 0.3) is 11.2 Å². The van der Waals surface area contributed by atoms with Crippen molar-refractivity contribution in [2.24, 2.45) is 7.05 Å². The highest BCUT2D eigenvalue weighted by Gasteiger charge is 2.31. The number of fused-ring (bicyclic) bond motifs is 1. The molecule has 102 valence electrons. The van der Waals surface area contributed by atoms with Crippen LogP contribution in [0.3, 0.4) is 0 Å². The lowest BCUT2D eigenvalue weighted by molar-refractivity contribution is -0.133. The fraction of sp³-hybridized carbons (Fsp3) is 0.583. The van der Waals surface area contributed by atoms with E-state index in [1.807, 2.05) is 11.7 Å². The van der Waals surface area contributed by atoms with Crippen LogP contribution in [0.4, 0.5) is 0 Å². The molecule has 2 aromatic heterocycles. The van der Waals surface area contributed by atoms with Gasteiger partial charge in [-0.15, -0.1) is 0 Å². The zero-order valence-electron chi connectivity index (χ0n) is 11.0. The maximum absolute atomic E-state index is 10.7. The Morgan fingerprint density at radius 1 is 1.53 bits per heavy atom. The van der Waals surface area contributed by atoms with Crippen molar-refractivity contribution < 1.29 is 9.90 Å². The van der Waals surface area contributed by atoms with Crippen LogP contribution in [0.5, 0.6) is 0 Å². The first-order chi connectivity index (χ1) is 9.11. The van der Waals surface area contributed by atoms with Crippen LogP contribution >= 0.6 is 11.8 Å². The van der Waals surface area contributed by atoms with Crippen molar-refractivity contribution in [3.05, 3.63) is 5.69 Å². The third-order valence-electron chi connectivity index (χ3n) is 3.28. The number of rotatable bonds is 5. The summed E-state index contributed by atoms with van der Waals surface area (Å²) in [6.45, 7) is 2.06. The zero-order valence-corrected chi connectivity index (χ0v) is 11.8. The minimum atomic E-state index is -0.812. The number of hydrogen-bond acceptors (Lipinski definition) is 4. The third-order valence-corrected chi connectivity index (χ3v) is 4.21. The van der Waals surface area contributed by atoms with Crippen LogP contribution < -0.4 is 0 Å². The molecule has 2 heterocycles. The van der Waals surface area contributed by atoms with E-state index in [2.05, 4.69) is 21.6 Å². The lowest BCUT2D eigenvalue weighted by Crippen LogP contribution is -2.05. The highest BCUT2D eigenvalue weighted by molar-refractivity contribution is 7.99. The number of nitrogens with zero attached hydrogens (tertiary/aromatic N) is 4. The maximum Gasteiger partial charge on any atom is 0.313 e. The number of carboxylic acid groups (broad SMARTS) is 1. The molecule has 1 saturated carbocycles. The van der Waals surface area contributed by atoms with Crippen molar-refractivity contribution in [2.75, 3.05) is 5.75 Å². The molecule has 0 unspecified atom stereocenters. The number of thioether (sulfide) groups is 1. The second kappa shape index (κ2) is 4.56. The molecule has 0 amide bonds. The van der Waals surface area contributed by atoms with Crippen LogP contribution in [0.15, 0.2) is 5.16 Å². The quantitative estimate of drug-likeness (QED) is 0.846. The Morgan fingerprint density at radius 2 is 2.26 bits per heavy atom. The van der Waals surface area contributed by atoms with Gasteiger partial charge in [0.05, 0.1) is 11.4 Å². The molecule has 1 fully saturated rings. The van der Waals surface area contributed by atoms with E-state index in [1.165, 1.54) is 11.8 Å². The van der Waals surface area contributed by atoms with Crippen LogP contribution in [0.1, 0.15) is 31.5 Å². The molecule has 6 nitrogen and oxygen atoms in total. The van der Waals surface area contributed by atoms with Gasteiger partial charge in [-0.05, 0) is 19.3 Å². The van der Waals surface area contributed by atoms with Gasteiger partial charge in [0, 0.05) is 13.1 Å². The monoisotopic (exact) mass is 280 g/mol. The molecule has 3 rings (SSSR count). The van der Waals surface area contributed by atoms with Crippen LogP contribution in [-0.4, -0.2) is 36.2 Å². The number of hydrogen-bond donors (Lipinski definition) is 1. The van der Waals surface area contributed by atoms with Crippen molar-refractivity contribution in [1.82, 2.24) is 19.3 Å². The Labute approximate surface area is 114 Å². The highest BCUT2D eigenvalue weighted by atomic mass is 32.2. The number of aryl methyl sites for hydroxylation is 2. The number of carbonyl (C=O) groups is 1. The van der Waals surface area contributed by atoms with Gasteiger partial charge in [0.2, 0.25) is 0 Å². The summed E-state index contributed by atoms with van der Waals surface area (Å²) < 4.78 is 4.03. The molecule has 2 aromatic rings. The van der Waals surface area contributed by atoms with Gasteiger partial charge in [-0.1, -0.05) is 18.7 Å². The smallest absolute Gasteiger partial charge is 0.313 e. The average Bonchev–Trinajstić information content (AvgIpc) is 3.06. The molecule has 19 heavy (non-hydrogen) atoms. The van der Waals surface area contributed by atoms with Crippen molar-refractivity contribution in [3.8, 4) is 0 Å². The summed E-state index contributed by atoms with van der Waals surface area (Å²) in [5.74, 6) is -0.765. The van der Waals surface area contributed by atoms with Crippen molar-refractivity contribution in [2.45, 2.75) is 37.4 Å². The second-order valence-corrected chi connectivity index (χ2v) is 5.72. The predicted octanol–water partition coefficient (Wildman–Crippen LogP) is 1.84. The molecular weight excluding hydrogens is 264 g/mol. The van der Waals surface area contributed by atoms with Gasteiger partial charge in [0.25, 0.3) is 0 Å². The van der Waals surface area contributed by atoms with E-state index in [-0.39, 0.29) is 5.75 Å². The van der Waals surface area contributed by atoms with Gasteiger partial charge in [0.15, 0.2) is 10.8 Å². The summed E-state index contributed by atoms with van der Waals surface area (Å²) >= 11 is 1.29. The van der Waals surface area contributed by atoms with Gasteiger partial charge in [-0.3, -0.25) is 9.48 Å². The van der Waals surface area contributed by atoms with E-state index in [0.29, 0.717) is 6.04 Å². The van der Waals surface area contributed by atoms with E-state index < -0.39 is 5.97 Å². The molecule has 0 saturated heterocycles. The first-order valence-corrected chi connectivity index (χ1v) is 7.38. The molecule has 0 spiro atoms. The zero-order chi connectivity index (χ0) is 13.6. The highest BCUT2D eigenvalue weighted by Crippen LogP contribution is 2.41. The Hall–Kier alpha value is -1.50. The lowest BCUT2D eigenvalue weighted by Gasteiger charge is -2.06. The van der Waals surface area contributed by atoms with Crippen molar-refractivity contribution in [3.63, 3.8) is 0 Å². The first-order valence-electron chi connectivity index (χ1n) is 6.40. The minimum absolute atomic E-state index is 0.0466. The fourth-order valence-electron chi connectivity index (χ4n) is 2.31. The van der Waals surface area contributed by atoms with E-state index in [9.17, 15) is 4.79 Å². The standard InChI is InChI=1S/C12H16N4O2S/c1-3-8-10-11(15(2)14-8)16(7-4-5-7)12(13-10)19-6-9(17)18/h7H,3-6H2,1-2H3,(H,17,18).